The molecule has 44 heavy (non-hydrogen) atoms. The third-order valence-electron chi connectivity index (χ3n) is 6.37. The van der Waals surface area contributed by atoms with Crippen LogP contribution in [0.1, 0.15) is 63.8 Å². The molecule has 0 aliphatic carbocycles. The molecule has 0 aliphatic heterocycles. The predicted octanol–water partition coefficient (Wildman–Crippen LogP) is 3.23. The zero-order chi connectivity index (χ0) is 33.4. The summed E-state index contributed by atoms with van der Waals surface area (Å²) in [7, 11) is 0. The molecule has 0 saturated carbocycles. The maximum atomic E-state index is 12.2. The maximum Gasteiger partial charge on any atom is 0.330 e. The van der Waals surface area contributed by atoms with E-state index in [4.69, 9.17) is 15.2 Å². The zero-order valence-electron chi connectivity index (χ0n) is 25.7. The molecule has 12 heteroatoms. The molecule has 0 unspecified atom stereocenters. The summed E-state index contributed by atoms with van der Waals surface area (Å²) >= 11 is 0. The molecule has 0 aromatic heterocycles. The number of rotatable bonds is 10. The van der Waals surface area contributed by atoms with Crippen LogP contribution in [-0.4, -0.2) is 75.4 Å². The van der Waals surface area contributed by atoms with Gasteiger partial charge in [0, 0.05) is 23.3 Å². The molecule has 0 bridgehead atoms. The number of carbonyl (C=O) groups excluding carboxylic acids is 4. The second kappa shape index (κ2) is 14.5. The van der Waals surface area contributed by atoms with Gasteiger partial charge in [0.05, 0.1) is 13.1 Å². The number of amides is 2. The van der Waals surface area contributed by atoms with Crippen LogP contribution in [0.3, 0.4) is 0 Å². The van der Waals surface area contributed by atoms with Crippen LogP contribution in [0.2, 0.25) is 0 Å². The standard InChI is InChI=1S/C32H40N2O10/c1-31(2,3)21-15-19(17-23(35)27(21)39)7-9-25(37)43-13-11-34(30(42)29(33)41)12-14-44-26(38)10-8-20-16-22(32(4,5)6)28(40)24(36)18-20/h7-10,15-18,35-36,39-40H,11-14H2,1-6H3,(H2,33,41). The molecule has 2 aromatic carbocycles. The Morgan fingerprint density at radius 2 is 1.07 bits per heavy atom. The largest absolute Gasteiger partial charge is 0.504 e. The molecular weight excluding hydrogens is 572 g/mol. The van der Waals surface area contributed by atoms with E-state index in [9.17, 15) is 39.6 Å². The number of phenols is 4. The van der Waals surface area contributed by atoms with E-state index in [0.717, 1.165) is 17.1 Å². The summed E-state index contributed by atoms with van der Waals surface area (Å²) in [5.41, 5.74) is 6.02. The van der Waals surface area contributed by atoms with Gasteiger partial charge in [0.15, 0.2) is 23.0 Å². The van der Waals surface area contributed by atoms with Crippen molar-refractivity contribution < 1.29 is 49.1 Å². The van der Waals surface area contributed by atoms with Crippen molar-refractivity contribution in [2.45, 2.75) is 52.4 Å². The number of nitrogens with zero attached hydrogens (tertiary/aromatic N) is 1. The minimum atomic E-state index is -1.24. The molecule has 0 saturated heterocycles. The van der Waals surface area contributed by atoms with Crippen molar-refractivity contribution in [3.63, 3.8) is 0 Å². The molecule has 2 amide bonds. The number of hydrogen-bond donors (Lipinski definition) is 5. The van der Waals surface area contributed by atoms with Crippen LogP contribution in [0.25, 0.3) is 12.2 Å². The number of primary amides is 1. The van der Waals surface area contributed by atoms with Gasteiger partial charge in [-0.1, -0.05) is 41.5 Å². The number of ether oxygens (including phenoxy) is 2. The number of phenolic OH excluding ortho intramolecular Hbond substituents is 4. The topological polar surface area (TPSA) is 197 Å². The number of esters is 2. The minimum absolute atomic E-state index is 0.217. The molecule has 0 atom stereocenters. The average molecular weight is 613 g/mol. The summed E-state index contributed by atoms with van der Waals surface area (Å²) in [5, 5.41) is 40.3. The summed E-state index contributed by atoms with van der Waals surface area (Å²) in [6, 6.07) is 5.83. The number of benzene rings is 2. The highest BCUT2D eigenvalue weighted by molar-refractivity contribution is 6.34. The SMILES string of the molecule is CC(C)(C)c1cc(C=CC(=O)OCCN(CCOC(=O)C=Cc2cc(O)c(O)c(C(C)(C)C)c2)C(=O)C(N)=O)cc(O)c1O. The van der Waals surface area contributed by atoms with Crippen LogP contribution in [-0.2, 0) is 39.5 Å². The summed E-state index contributed by atoms with van der Waals surface area (Å²) in [4.78, 5) is 49.1. The van der Waals surface area contributed by atoms with Gasteiger partial charge in [0.2, 0.25) is 0 Å². The quantitative estimate of drug-likeness (QED) is 0.115. The number of nitrogens with two attached hydrogens (primary N) is 1. The zero-order valence-corrected chi connectivity index (χ0v) is 25.7. The Morgan fingerprint density at radius 1 is 0.705 bits per heavy atom. The second-order valence-corrected chi connectivity index (χ2v) is 12.0. The fraction of sp³-hybridized carbons (Fsp3) is 0.375. The lowest BCUT2D eigenvalue weighted by Gasteiger charge is -2.21. The first-order chi connectivity index (χ1) is 20.3. The van der Waals surface area contributed by atoms with Crippen LogP contribution < -0.4 is 5.73 Å². The van der Waals surface area contributed by atoms with E-state index in [-0.39, 0.29) is 49.3 Å². The van der Waals surface area contributed by atoms with E-state index < -0.39 is 34.6 Å². The van der Waals surface area contributed by atoms with E-state index >= 15 is 0 Å². The fourth-order valence-electron chi connectivity index (χ4n) is 4.03. The van der Waals surface area contributed by atoms with E-state index in [1.165, 1.54) is 24.3 Å². The van der Waals surface area contributed by atoms with E-state index in [1.807, 2.05) is 41.5 Å². The molecule has 2 rings (SSSR count). The van der Waals surface area contributed by atoms with Gasteiger partial charge in [0.25, 0.3) is 0 Å². The first kappa shape index (κ1) is 35.2. The van der Waals surface area contributed by atoms with Crippen molar-refractivity contribution in [1.82, 2.24) is 4.90 Å². The smallest absolute Gasteiger partial charge is 0.330 e. The van der Waals surface area contributed by atoms with Gasteiger partial charge >= 0.3 is 23.8 Å². The minimum Gasteiger partial charge on any atom is -0.504 e. The van der Waals surface area contributed by atoms with Crippen LogP contribution in [0.5, 0.6) is 23.0 Å². The van der Waals surface area contributed by atoms with Gasteiger partial charge in [-0.05, 0) is 58.4 Å². The maximum absolute atomic E-state index is 12.2. The first-order valence-corrected chi connectivity index (χ1v) is 13.7. The highest BCUT2D eigenvalue weighted by Crippen LogP contribution is 2.39. The van der Waals surface area contributed by atoms with E-state index in [2.05, 4.69) is 0 Å². The molecule has 0 radical (unpaired) electrons. The summed E-state index contributed by atoms with van der Waals surface area (Å²) in [6.45, 7) is 10.1. The number of hydrogen-bond acceptors (Lipinski definition) is 10. The predicted molar refractivity (Wildman–Crippen MR) is 163 cm³/mol. The van der Waals surface area contributed by atoms with Gasteiger partial charge in [-0.3, -0.25) is 9.59 Å². The highest BCUT2D eigenvalue weighted by Gasteiger charge is 2.23. The van der Waals surface area contributed by atoms with Crippen molar-refractivity contribution in [2.75, 3.05) is 26.3 Å². The molecule has 0 spiro atoms. The van der Waals surface area contributed by atoms with Gasteiger partial charge in [0.1, 0.15) is 13.2 Å². The van der Waals surface area contributed by atoms with Gasteiger partial charge in [-0.15, -0.1) is 0 Å². The Hall–Kier alpha value is -5.00. The fourth-order valence-corrected chi connectivity index (χ4v) is 4.03. The summed E-state index contributed by atoms with van der Waals surface area (Å²) in [6.07, 6.45) is 4.98. The van der Waals surface area contributed by atoms with E-state index in [0.29, 0.717) is 22.3 Å². The third-order valence-corrected chi connectivity index (χ3v) is 6.37. The highest BCUT2D eigenvalue weighted by atomic mass is 16.5. The summed E-state index contributed by atoms with van der Waals surface area (Å²) < 4.78 is 10.2. The third kappa shape index (κ3) is 10.1. The normalized spacial score (nSPS) is 12.0. The molecule has 0 heterocycles. The molecular formula is C32H40N2O10. The first-order valence-electron chi connectivity index (χ1n) is 13.7. The Morgan fingerprint density at radius 3 is 1.39 bits per heavy atom. The van der Waals surface area contributed by atoms with Crippen LogP contribution in [0.15, 0.2) is 36.4 Å². The lowest BCUT2D eigenvalue weighted by atomic mass is 9.85. The van der Waals surface area contributed by atoms with E-state index in [1.54, 1.807) is 12.1 Å². The average Bonchev–Trinajstić information content (AvgIpc) is 2.91. The van der Waals surface area contributed by atoms with Crippen molar-refractivity contribution >= 4 is 35.9 Å². The molecule has 12 nitrogen and oxygen atoms in total. The number of aromatic hydroxyl groups is 4. The van der Waals surface area contributed by atoms with Gasteiger partial charge in [-0.25, -0.2) is 9.59 Å². The van der Waals surface area contributed by atoms with Crippen LogP contribution in [0.4, 0.5) is 0 Å². The summed E-state index contributed by atoms with van der Waals surface area (Å²) in [5.74, 6) is -5.01. The second-order valence-electron chi connectivity index (χ2n) is 12.0. The number of carbonyl (C=O) groups is 4. The Bertz CT molecular complexity index is 1370. The van der Waals surface area contributed by atoms with Crippen LogP contribution >= 0.6 is 0 Å². The van der Waals surface area contributed by atoms with Crippen molar-refractivity contribution in [1.29, 1.82) is 0 Å². The van der Waals surface area contributed by atoms with Crippen molar-refractivity contribution in [3.8, 4) is 23.0 Å². The van der Waals surface area contributed by atoms with Crippen molar-refractivity contribution in [2.24, 2.45) is 5.73 Å². The molecule has 2 aromatic rings. The van der Waals surface area contributed by atoms with Gasteiger partial charge in [-0.2, -0.15) is 0 Å². The lowest BCUT2D eigenvalue weighted by molar-refractivity contribution is -0.147. The van der Waals surface area contributed by atoms with Crippen molar-refractivity contribution in [3.05, 3.63) is 58.7 Å². The lowest BCUT2D eigenvalue weighted by Crippen LogP contribution is -2.43. The Balaban J connectivity index is 1.95. The molecule has 6 N–H and O–H groups in total. The monoisotopic (exact) mass is 612 g/mol. The Kier molecular flexibility index (Phi) is 11.6. The molecule has 0 aliphatic rings. The van der Waals surface area contributed by atoms with Gasteiger partial charge < -0.3 is 40.5 Å². The molecule has 0 fully saturated rings. The Labute approximate surface area is 256 Å². The molecule has 238 valence electrons. The van der Waals surface area contributed by atoms with Crippen LogP contribution in [0, 0.1) is 0 Å².